The Labute approximate surface area is 106 Å². The predicted octanol–water partition coefficient (Wildman–Crippen LogP) is 2.63. The molecule has 4 heteroatoms. The van der Waals surface area contributed by atoms with Crippen molar-refractivity contribution in [3.8, 4) is 6.07 Å². The molecule has 4 nitrogen and oxygen atoms in total. The van der Waals surface area contributed by atoms with Crippen LogP contribution in [0.2, 0.25) is 0 Å². The molecule has 0 fully saturated rings. The van der Waals surface area contributed by atoms with Gasteiger partial charge in [-0.1, -0.05) is 19.9 Å². The predicted molar refractivity (Wildman–Crippen MR) is 68.3 cm³/mol. The molecule has 18 heavy (non-hydrogen) atoms. The second-order valence-electron chi connectivity index (χ2n) is 4.69. The van der Waals surface area contributed by atoms with Crippen LogP contribution in [0.25, 0.3) is 5.52 Å². The van der Waals surface area contributed by atoms with E-state index in [0.717, 1.165) is 17.8 Å². The molecule has 92 valence electrons. The molecule has 2 rings (SSSR count). The molecule has 0 aliphatic rings. The number of hydrogen-bond donors (Lipinski definition) is 0. The van der Waals surface area contributed by atoms with Crippen LogP contribution in [0.4, 0.5) is 0 Å². The van der Waals surface area contributed by atoms with Crippen LogP contribution >= 0.6 is 0 Å². The van der Waals surface area contributed by atoms with Gasteiger partial charge in [0.2, 0.25) is 0 Å². The first-order chi connectivity index (χ1) is 8.63. The molecule has 0 bridgehead atoms. The van der Waals surface area contributed by atoms with Crippen molar-refractivity contribution in [3.05, 3.63) is 35.9 Å². The molecule has 0 radical (unpaired) electrons. The van der Waals surface area contributed by atoms with E-state index in [-0.39, 0.29) is 12.2 Å². The van der Waals surface area contributed by atoms with E-state index >= 15 is 0 Å². The van der Waals surface area contributed by atoms with E-state index in [1.807, 2.05) is 34.9 Å². The van der Waals surface area contributed by atoms with Gasteiger partial charge in [0.1, 0.15) is 17.9 Å². The topological polar surface area (TPSA) is 58.2 Å². The molecule has 0 amide bonds. The van der Waals surface area contributed by atoms with Crippen LogP contribution < -0.4 is 0 Å². The van der Waals surface area contributed by atoms with Gasteiger partial charge in [0.05, 0.1) is 11.6 Å². The summed E-state index contributed by atoms with van der Waals surface area (Å²) in [7, 11) is 0. The Bertz CT molecular complexity index is 619. The fourth-order valence-electron chi connectivity index (χ4n) is 1.97. The van der Waals surface area contributed by atoms with Gasteiger partial charge in [-0.25, -0.2) is 4.98 Å². The van der Waals surface area contributed by atoms with Crippen LogP contribution in [0.5, 0.6) is 0 Å². The van der Waals surface area contributed by atoms with Gasteiger partial charge >= 0.3 is 0 Å². The molecule has 2 heterocycles. The standard InChI is InChI=1S/C14H15N3O/c1-10(2)9-13-16-14(12(18)6-7-15)11-5-3-4-8-17(11)13/h3-5,8,10H,6,9H2,1-2H3. The third kappa shape index (κ3) is 2.25. The molecule has 2 aromatic rings. The second-order valence-corrected chi connectivity index (χ2v) is 4.69. The van der Waals surface area contributed by atoms with Crippen molar-refractivity contribution in [2.75, 3.05) is 0 Å². The summed E-state index contributed by atoms with van der Waals surface area (Å²) in [6.07, 6.45) is 2.59. The number of aromatic nitrogens is 2. The number of carbonyl (C=O) groups excluding carboxylic acids is 1. The number of Topliss-reactive ketones (excluding diaryl/α,β-unsaturated/α-hetero) is 1. The minimum Gasteiger partial charge on any atom is -0.303 e. The summed E-state index contributed by atoms with van der Waals surface area (Å²) in [5.74, 6) is 1.13. The van der Waals surface area contributed by atoms with E-state index in [0.29, 0.717) is 11.6 Å². The SMILES string of the molecule is CC(C)Cc1nc(C(=O)CC#N)c2ccccn12. The highest BCUT2D eigenvalue weighted by molar-refractivity contribution is 6.01. The van der Waals surface area contributed by atoms with Crippen molar-refractivity contribution in [2.24, 2.45) is 5.92 Å². The molecular formula is C14H15N3O. The van der Waals surface area contributed by atoms with Crippen molar-refractivity contribution in [1.29, 1.82) is 5.26 Å². The molecule has 0 saturated heterocycles. The number of pyridine rings is 1. The third-order valence-electron chi connectivity index (χ3n) is 2.72. The number of imidazole rings is 1. The van der Waals surface area contributed by atoms with Crippen LogP contribution in [0.3, 0.4) is 0 Å². The van der Waals surface area contributed by atoms with E-state index < -0.39 is 0 Å². The zero-order valence-electron chi connectivity index (χ0n) is 10.6. The van der Waals surface area contributed by atoms with Crippen LogP contribution in [0.1, 0.15) is 36.6 Å². The zero-order valence-corrected chi connectivity index (χ0v) is 10.6. The molecule has 0 aliphatic carbocycles. The number of carbonyl (C=O) groups is 1. The van der Waals surface area contributed by atoms with Crippen molar-refractivity contribution >= 4 is 11.3 Å². The number of hydrogen-bond acceptors (Lipinski definition) is 3. The van der Waals surface area contributed by atoms with Gasteiger partial charge in [0.25, 0.3) is 0 Å². The Morgan fingerprint density at radius 1 is 1.50 bits per heavy atom. The molecular weight excluding hydrogens is 226 g/mol. The lowest BCUT2D eigenvalue weighted by molar-refractivity contribution is 0.0995. The largest absolute Gasteiger partial charge is 0.303 e. The number of nitriles is 1. The van der Waals surface area contributed by atoms with Gasteiger partial charge in [-0.2, -0.15) is 5.26 Å². The van der Waals surface area contributed by atoms with Gasteiger partial charge in [-0.05, 0) is 18.1 Å². The van der Waals surface area contributed by atoms with Crippen LogP contribution in [-0.2, 0) is 6.42 Å². The molecule has 0 aliphatic heterocycles. The second kappa shape index (κ2) is 5.01. The first-order valence-electron chi connectivity index (χ1n) is 5.99. The third-order valence-corrected chi connectivity index (χ3v) is 2.72. The number of rotatable bonds is 4. The fourth-order valence-corrected chi connectivity index (χ4v) is 1.97. The lowest BCUT2D eigenvalue weighted by Crippen LogP contribution is -2.01. The number of nitrogens with zero attached hydrogens (tertiary/aromatic N) is 3. The Balaban J connectivity index is 2.54. The van der Waals surface area contributed by atoms with Crippen molar-refractivity contribution in [1.82, 2.24) is 9.38 Å². The zero-order chi connectivity index (χ0) is 13.1. The van der Waals surface area contributed by atoms with E-state index in [2.05, 4.69) is 18.8 Å². The average Bonchev–Trinajstić information content (AvgIpc) is 2.68. The van der Waals surface area contributed by atoms with Gasteiger partial charge < -0.3 is 4.40 Å². The number of fused-ring (bicyclic) bond motifs is 1. The molecule has 0 spiro atoms. The smallest absolute Gasteiger partial charge is 0.197 e. The molecule has 0 aromatic carbocycles. The highest BCUT2D eigenvalue weighted by Gasteiger charge is 2.17. The molecule has 0 N–H and O–H groups in total. The van der Waals surface area contributed by atoms with Gasteiger partial charge in [-0.3, -0.25) is 4.79 Å². The summed E-state index contributed by atoms with van der Waals surface area (Å²) in [5, 5.41) is 8.62. The summed E-state index contributed by atoms with van der Waals surface area (Å²) in [5.41, 5.74) is 1.20. The van der Waals surface area contributed by atoms with Gasteiger partial charge in [0, 0.05) is 12.6 Å². The summed E-state index contributed by atoms with van der Waals surface area (Å²) in [6, 6.07) is 7.53. The van der Waals surface area contributed by atoms with Crippen LogP contribution in [0.15, 0.2) is 24.4 Å². The van der Waals surface area contributed by atoms with Gasteiger partial charge in [-0.15, -0.1) is 0 Å². The monoisotopic (exact) mass is 241 g/mol. The maximum Gasteiger partial charge on any atom is 0.197 e. The first kappa shape index (κ1) is 12.3. The lowest BCUT2D eigenvalue weighted by Gasteiger charge is -2.02. The average molecular weight is 241 g/mol. The normalized spacial score (nSPS) is 10.8. The molecule has 0 atom stereocenters. The minimum absolute atomic E-state index is 0.122. The molecule has 0 unspecified atom stereocenters. The Morgan fingerprint density at radius 3 is 2.94 bits per heavy atom. The van der Waals surface area contributed by atoms with E-state index in [1.54, 1.807) is 0 Å². The van der Waals surface area contributed by atoms with Crippen LogP contribution in [0, 0.1) is 17.2 Å². The van der Waals surface area contributed by atoms with E-state index in [4.69, 9.17) is 5.26 Å². The maximum atomic E-state index is 11.9. The Kier molecular flexibility index (Phi) is 3.42. The summed E-state index contributed by atoms with van der Waals surface area (Å²) >= 11 is 0. The van der Waals surface area contributed by atoms with E-state index in [1.165, 1.54) is 0 Å². The Morgan fingerprint density at radius 2 is 2.28 bits per heavy atom. The lowest BCUT2D eigenvalue weighted by atomic mass is 10.1. The van der Waals surface area contributed by atoms with Crippen LogP contribution in [-0.4, -0.2) is 15.2 Å². The van der Waals surface area contributed by atoms with Gasteiger partial charge in [0.15, 0.2) is 5.78 Å². The van der Waals surface area contributed by atoms with Crippen molar-refractivity contribution < 1.29 is 4.79 Å². The molecule has 0 saturated carbocycles. The van der Waals surface area contributed by atoms with E-state index in [9.17, 15) is 4.79 Å². The first-order valence-corrected chi connectivity index (χ1v) is 5.99. The minimum atomic E-state index is -0.212. The molecule has 2 aromatic heterocycles. The fraction of sp³-hybridized carbons (Fsp3) is 0.357. The highest BCUT2D eigenvalue weighted by Crippen LogP contribution is 2.17. The quantitative estimate of drug-likeness (QED) is 0.773. The number of ketones is 1. The Hall–Kier alpha value is -2.15. The summed E-state index contributed by atoms with van der Waals surface area (Å²) in [4.78, 5) is 16.3. The maximum absolute atomic E-state index is 11.9. The summed E-state index contributed by atoms with van der Waals surface area (Å²) < 4.78 is 1.94. The highest BCUT2D eigenvalue weighted by atomic mass is 16.1. The van der Waals surface area contributed by atoms with Crippen molar-refractivity contribution in [2.45, 2.75) is 26.7 Å². The summed E-state index contributed by atoms with van der Waals surface area (Å²) in [6.45, 7) is 4.22. The van der Waals surface area contributed by atoms with Crippen molar-refractivity contribution in [3.63, 3.8) is 0 Å².